The van der Waals surface area contributed by atoms with Gasteiger partial charge in [-0.25, -0.2) is 0 Å². The molecule has 0 amide bonds. The molecule has 3 heteroatoms. The third kappa shape index (κ3) is 0.727. The average molecular weight is 116 g/mol. The number of hydrogen-bond acceptors (Lipinski definition) is 3. The second-order valence-electron chi connectivity index (χ2n) is 2.19. The van der Waals surface area contributed by atoms with Crippen LogP contribution in [0.25, 0.3) is 0 Å². The molecule has 0 saturated carbocycles. The molecule has 0 aromatic carbocycles. The largest absolute Gasteiger partial charge is 0.372 e. The lowest BCUT2D eigenvalue weighted by molar-refractivity contribution is -0.132. The Balaban J connectivity index is 2.33. The van der Waals surface area contributed by atoms with Gasteiger partial charge < -0.3 is 16.2 Å². The molecule has 1 heterocycles. The predicted molar refractivity (Wildman–Crippen MR) is 31.4 cm³/mol. The molecule has 1 saturated heterocycles. The molecule has 0 bridgehead atoms. The van der Waals surface area contributed by atoms with Gasteiger partial charge in [-0.3, -0.25) is 0 Å². The molecule has 0 unspecified atom stereocenters. The maximum atomic E-state index is 5.37. The summed E-state index contributed by atoms with van der Waals surface area (Å²) in [5.74, 6) is 0. The Labute approximate surface area is 49.0 Å². The van der Waals surface area contributed by atoms with Crippen LogP contribution in [0, 0.1) is 0 Å². The van der Waals surface area contributed by atoms with Gasteiger partial charge in [-0.15, -0.1) is 0 Å². The Morgan fingerprint density at radius 2 is 1.88 bits per heavy atom. The minimum absolute atomic E-state index is 0.139. The highest BCUT2D eigenvalue weighted by atomic mass is 16.5. The highest BCUT2D eigenvalue weighted by Crippen LogP contribution is 2.22. The van der Waals surface area contributed by atoms with E-state index in [-0.39, 0.29) is 5.60 Å². The van der Waals surface area contributed by atoms with Crippen LogP contribution in [0.1, 0.15) is 6.42 Å². The second kappa shape index (κ2) is 2.01. The van der Waals surface area contributed by atoms with Crippen LogP contribution >= 0.6 is 0 Å². The molecule has 0 spiro atoms. The van der Waals surface area contributed by atoms with E-state index in [1.54, 1.807) is 0 Å². The maximum Gasteiger partial charge on any atom is 0.0947 e. The van der Waals surface area contributed by atoms with Crippen molar-refractivity contribution in [1.82, 2.24) is 0 Å². The van der Waals surface area contributed by atoms with Crippen LogP contribution in [0.15, 0.2) is 0 Å². The van der Waals surface area contributed by atoms with Crippen LogP contribution in [0.4, 0.5) is 0 Å². The highest BCUT2D eigenvalue weighted by Gasteiger charge is 2.35. The van der Waals surface area contributed by atoms with Crippen LogP contribution in [0.2, 0.25) is 0 Å². The zero-order valence-electron chi connectivity index (χ0n) is 4.89. The van der Waals surface area contributed by atoms with Crippen molar-refractivity contribution < 1.29 is 4.74 Å². The van der Waals surface area contributed by atoms with Crippen molar-refractivity contribution in [1.29, 1.82) is 0 Å². The summed E-state index contributed by atoms with van der Waals surface area (Å²) in [6.07, 6.45) is 1.03. The fourth-order valence-corrected chi connectivity index (χ4v) is 0.796. The zero-order chi connectivity index (χ0) is 6.04. The van der Waals surface area contributed by atoms with Gasteiger partial charge in [0.15, 0.2) is 0 Å². The molecule has 1 aliphatic heterocycles. The van der Waals surface area contributed by atoms with Gasteiger partial charge in [0.25, 0.3) is 0 Å². The molecule has 1 rings (SSSR count). The summed E-state index contributed by atoms with van der Waals surface area (Å²) in [5.41, 5.74) is 10.6. The monoisotopic (exact) mass is 116 g/mol. The van der Waals surface area contributed by atoms with Crippen LogP contribution < -0.4 is 11.5 Å². The first kappa shape index (κ1) is 6.01. The summed E-state index contributed by atoms with van der Waals surface area (Å²) in [6.45, 7) is 1.95. The second-order valence-corrected chi connectivity index (χ2v) is 2.19. The van der Waals surface area contributed by atoms with Gasteiger partial charge in [0.1, 0.15) is 0 Å². The lowest BCUT2D eigenvalue weighted by atomic mass is 9.95. The molecule has 1 fully saturated rings. The van der Waals surface area contributed by atoms with E-state index in [0.29, 0.717) is 13.1 Å². The molecule has 3 nitrogen and oxygen atoms in total. The molecule has 1 aliphatic rings. The Bertz CT molecular complexity index is 67.0. The van der Waals surface area contributed by atoms with Crippen molar-refractivity contribution in [3.05, 3.63) is 0 Å². The maximum absolute atomic E-state index is 5.37. The topological polar surface area (TPSA) is 61.3 Å². The molecule has 8 heavy (non-hydrogen) atoms. The van der Waals surface area contributed by atoms with Crippen LogP contribution in [-0.2, 0) is 4.74 Å². The van der Waals surface area contributed by atoms with E-state index in [0.717, 1.165) is 13.0 Å². The summed E-state index contributed by atoms with van der Waals surface area (Å²) in [6, 6.07) is 0. The van der Waals surface area contributed by atoms with Gasteiger partial charge in [0.05, 0.1) is 12.2 Å². The van der Waals surface area contributed by atoms with E-state index in [4.69, 9.17) is 16.2 Å². The van der Waals surface area contributed by atoms with E-state index < -0.39 is 0 Å². The minimum Gasteiger partial charge on any atom is -0.372 e. The van der Waals surface area contributed by atoms with Crippen molar-refractivity contribution in [3.8, 4) is 0 Å². The fraction of sp³-hybridized carbons (Fsp3) is 1.00. The first-order valence-corrected chi connectivity index (χ1v) is 2.87. The van der Waals surface area contributed by atoms with Gasteiger partial charge in [0.2, 0.25) is 0 Å². The smallest absolute Gasteiger partial charge is 0.0947 e. The van der Waals surface area contributed by atoms with Crippen LogP contribution in [0.5, 0.6) is 0 Å². The lowest BCUT2D eigenvalue weighted by Crippen LogP contribution is -2.55. The van der Waals surface area contributed by atoms with Crippen molar-refractivity contribution in [2.45, 2.75) is 12.0 Å². The highest BCUT2D eigenvalue weighted by molar-refractivity contribution is 4.89. The molecule has 4 N–H and O–H groups in total. The van der Waals surface area contributed by atoms with E-state index in [1.165, 1.54) is 0 Å². The van der Waals surface area contributed by atoms with E-state index in [9.17, 15) is 0 Å². The summed E-state index contributed by atoms with van der Waals surface area (Å²) in [5, 5.41) is 0. The molecule has 0 atom stereocenters. The van der Waals surface area contributed by atoms with E-state index in [1.807, 2.05) is 0 Å². The van der Waals surface area contributed by atoms with Gasteiger partial charge >= 0.3 is 0 Å². The molecule has 0 aromatic heterocycles. The minimum atomic E-state index is -0.139. The summed E-state index contributed by atoms with van der Waals surface area (Å²) in [4.78, 5) is 0. The first-order chi connectivity index (χ1) is 3.83. The predicted octanol–water partition coefficient (Wildman–Crippen LogP) is -0.937. The molecule has 0 aromatic rings. The van der Waals surface area contributed by atoms with Gasteiger partial charge in [0, 0.05) is 19.5 Å². The van der Waals surface area contributed by atoms with Crippen LogP contribution in [0.3, 0.4) is 0 Å². The van der Waals surface area contributed by atoms with Crippen molar-refractivity contribution in [3.63, 3.8) is 0 Å². The third-order valence-corrected chi connectivity index (χ3v) is 1.71. The summed E-state index contributed by atoms with van der Waals surface area (Å²) in [7, 11) is 0. The van der Waals surface area contributed by atoms with Crippen molar-refractivity contribution >= 4 is 0 Å². The molecule has 0 aliphatic carbocycles. The zero-order valence-corrected chi connectivity index (χ0v) is 4.89. The third-order valence-electron chi connectivity index (χ3n) is 1.71. The Morgan fingerprint density at radius 1 is 1.38 bits per heavy atom. The quantitative estimate of drug-likeness (QED) is 0.489. The summed E-state index contributed by atoms with van der Waals surface area (Å²) >= 11 is 0. The van der Waals surface area contributed by atoms with Crippen LogP contribution in [-0.4, -0.2) is 25.3 Å². The number of nitrogens with two attached hydrogens (primary N) is 2. The summed E-state index contributed by atoms with van der Waals surface area (Å²) < 4.78 is 5.17. The standard InChI is InChI=1S/C5H12N2O/c6-3-5(4-7)1-2-8-5/h1-4,6-7H2. The Morgan fingerprint density at radius 3 is 1.88 bits per heavy atom. The first-order valence-electron chi connectivity index (χ1n) is 2.87. The normalized spacial score (nSPS) is 24.8. The Hall–Kier alpha value is -0.120. The number of ether oxygens (including phenoxy) is 1. The average Bonchev–Trinajstić information content (AvgIpc) is 1.67. The Kier molecular flexibility index (Phi) is 1.51. The van der Waals surface area contributed by atoms with E-state index in [2.05, 4.69) is 0 Å². The SMILES string of the molecule is NCC1(CN)CCO1. The van der Waals surface area contributed by atoms with Gasteiger partial charge in [-0.2, -0.15) is 0 Å². The lowest BCUT2D eigenvalue weighted by Gasteiger charge is -2.39. The fourth-order valence-electron chi connectivity index (χ4n) is 0.796. The molecule has 48 valence electrons. The van der Waals surface area contributed by atoms with Crippen molar-refractivity contribution in [2.75, 3.05) is 19.7 Å². The molecule has 0 radical (unpaired) electrons. The van der Waals surface area contributed by atoms with Gasteiger partial charge in [-0.1, -0.05) is 0 Å². The van der Waals surface area contributed by atoms with Gasteiger partial charge in [-0.05, 0) is 0 Å². The molecular formula is C5H12N2O. The number of rotatable bonds is 2. The van der Waals surface area contributed by atoms with E-state index >= 15 is 0 Å². The molecular weight excluding hydrogens is 104 g/mol. The number of hydrogen-bond donors (Lipinski definition) is 2. The van der Waals surface area contributed by atoms with Crippen molar-refractivity contribution in [2.24, 2.45) is 11.5 Å².